The molecule has 0 spiro atoms. The van der Waals surface area contributed by atoms with Gasteiger partial charge in [0.2, 0.25) is 8.32 Å². The Balaban J connectivity index is 2.29. The first-order chi connectivity index (χ1) is 10.7. The van der Waals surface area contributed by atoms with Crippen LogP contribution in [0.15, 0.2) is 0 Å². The lowest BCUT2D eigenvalue weighted by atomic mass is 9.85. The van der Waals surface area contributed by atoms with Crippen molar-refractivity contribution < 1.29 is 9.16 Å². The zero-order chi connectivity index (χ0) is 17.5. The van der Waals surface area contributed by atoms with Crippen molar-refractivity contribution in [2.24, 2.45) is 17.8 Å². The summed E-state index contributed by atoms with van der Waals surface area (Å²) >= 11 is 0. The van der Waals surface area contributed by atoms with Crippen LogP contribution in [-0.2, 0) is 9.16 Å². The molecular formula is C20H40O2Si. The molecule has 0 aromatic rings. The van der Waals surface area contributed by atoms with Crippen LogP contribution in [0.1, 0.15) is 75.2 Å². The van der Waals surface area contributed by atoms with Crippen molar-refractivity contribution in [2.45, 2.75) is 110 Å². The monoisotopic (exact) mass is 340 g/mol. The Bertz CT molecular complexity index is 369. The summed E-state index contributed by atoms with van der Waals surface area (Å²) in [5, 5.41) is 0. The molecule has 136 valence electrons. The summed E-state index contributed by atoms with van der Waals surface area (Å²) in [7, 11) is -1.82. The van der Waals surface area contributed by atoms with E-state index in [0.717, 1.165) is 5.92 Å². The number of rotatable bonds is 6. The molecule has 0 aromatic heterocycles. The molecular weight excluding hydrogens is 300 g/mol. The van der Waals surface area contributed by atoms with E-state index in [1.807, 2.05) is 0 Å². The minimum Gasteiger partial charge on any atom is -0.412 e. The van der Waals surface area contributed by atoms with Gasteiger partial charge in [-0.25, -0.2) is 0 Å². The van der Waals surface area contributed by atoms with E-state index in [2.05, 4.69) is 62.3 Å². The van der Waals surface area contributed by atoms with Gasteiger partial charge in [0.05, 0.1) is 18.3 Å². The first kappa shape index (κ1) is 19.5. The van der Waals surface area contributed by atoms with Crippen LogP contribution in [0.4, 0.5) is 0 Å². The molecule has 2 bridgehead atoms. The predicted octanol–water partition coefficient (Wildman–Crippen LogP) is 6.02. The van der Waals surface area contributed by atoms with E-state index < -0.39 is 8.32 Å². The fourth-order valence-electron chi connectivity index (χ4n) is 5.83. The largest absolute Gasteiger partial charge is 0.412 e. The molecule has 2 saturated heterocycles. The lowest BCUT2D eigenvalue weighted by Crippen LogP contribution is -2.56. The number of fused-ring (bicyclic) bond motifs is 2. The van der Waals surface area contributed by atoms with Crippen molar-refractivity contribution in [3.8, 4) is 0 Å². The molecule has 6 atom stereocenters. The fraction of sp³-hybridized carbons (Fsp3) is 1.00. The summed E-state index contributed by atoms with van der Waals surface area (Å²) in [5.74, 6) is 1.79. The molecule has 2 aliphatic heterocycles. The molecule has 0 aromatic carbocycles. The lowest BCUT2D eigenvalue weighted by Gasteiger charge is -2.50. The van der Waals surface area contributed by atoms with Gasteiger partial charge in [0, 0.05) is 11.8 Å². The summed E-state index contributed by atoms with van der Waals surface area (Å²) in [6, 6.07) is 0. The maximum absolute atomic E-state index is 7.22. The van der Waals surface area contributed by atoms with Crippen LogP contribution in [0.5, 0.6) is 0 Å². The van der Waals surface area contributed by atoms with E-state index in [0.29, 0.717) is 46.8 Å². The van der Waals surface area contributed by atoms with Crippen LogP contribution in [0.25, 0.3) is 0 Å². The SMILES string of the molecule is CC[C@H]1C[C@H]2O[C@@H]1[C@@H](C)[C@@H](O[Si](C(C)C)(C(C)C)C(C)C)[C@H]2C. The normalized spacial score (nSPS) is 38.1. The van der Waals surface area contributed by atoms with E-state index >= 15 is 0 Å². The van der Waals surface area contributed by atoms with Gasteiger partial charge >= 0.3 is 0 Å². The highest BCUT2D eigenvalue weighted by atomic mass is 28.4. The predicted molar refractivity (Wildman–Crippen MR) is 101 cm³/mol. The molecule has 2 rings (SSSR count). The van der Waals surface area contributed by atoms with Crippen molar-refractivity contribution in [3.05, 3.63) is 0 Å². The minimum absolute atomic E-state index is 0.383. The Hall–Kier alpha value is 0.137. The van der Waals surface area contributed by atoms with Crippen LogP contribution in [-0.4, -0.2) is 26.6 Å². The van der Waals surface area contributed by atoms with Gasteiger partial charge in [0.15, 0.2) is 0 Å². The Morgan fingerprint density at radius 2 is 1.48 bits per heavy atom. The Labute approximate surface area is 145 Å². The standard InChI is InChI=1S/C20H40O2Si/c1-10-17-11-18-15(8)19(16(9)20(17)21-18)22-23(12(2)3,13(4)5)14(6)7/h12-20H,10-11H2,1-9H3/t15-,16-,17-,18+,19-,20+/m0/s1. The Kier molecular flexibility index (Phi) is 6.07. The van der Waals surface area contributed by atoms with E-state index in [-0.39, 0.29) is 0 Å². The highest BCUT2D eigenvalue weighted by molar-refractivity contribution is 6.77. The van der Waals surface area contributed by atoms with Crippen molar-refractivity contribution in [1.29, 1.82) is 0 Å². The molecule has 0 aliphatic carbocycles. The first-order valence-electron chi connectivity index (χ1n) is 9.99. The number of hydrogen-bond acceptors (Lipinski definition) is 2. The van der Waals surface area contributed by atoms with Crippen LogP contribution < -0.4 is 0 Å². The van der Waals surface area contributed by atoms with E-state index in [4.69, 9.17) is 9.16 Å². The van der Waals surface area contributed by atoms with Crippen LogP contribution in [0.2, 0.25) is 16.6 Å². The molecule has 0 unspecified atom stereocenters. The van der Waals surface area contributed by atoms with Crippen molar-refractivity contribution >= 4 is 8.32 Å². The molecule has 2 nitrogen and oxygen atoms in total. The molecule has 0 saturated carbocycles. The van der Waals surface area contributed by atoms with Gasteiger partial charge < -0.3 is 9.16 Å². The summed E-state index contributed by atoms with van der Waals surface area (Å²) in [6.45, 7) is 21.4. The zero-order valence-electron chi connectivity index (χ0n) is 16.9. The van der Waals surface area contributed by atoms with Gasteiger partial charge in [-0.3, -0.25) is 0 Å². The smallest absolute Gasteiger partial charge is 0.200 e. The molecule has 2 aliphatic rings. The maximum atomic E-state index is 7.22. The second-order valence-electron chi connectivity index (χ2n) is 9.16. The fourth-order valence-corrected chi connectivity index (χ4v) is 11.5. The van der Waals surface area contributed by atoms with Gasteiger partial charge in [-0.2, -0.15) is 0 Å². The van der Waals surface area contributed by atoms with E-state index in [1.165, 1.54) is 12.8 Å². The first-order valence-corrected chi connectivity index (χ1v) is 12.1. The third-order valence-electron chi connectivity index (χ3n) is 7.04. The highest BCUT2D eigenvalue weighted by Crippen LogP contribution is 2.50. The quantitative estimate of drug-likeness (QED) is 0.551. The summed E-state index contributed by atoms with van der Waals surface area (Å²) in [4.78, 5) is 0. The van der Waals surface area contributed by atoms with Crippen LogP contribution in [0.3, 0.4) is 0 Å². The molecule has 0 N–H and O–H groups in total. The summed E-state index contributed by atoms with van der Waals surface area (Å²) in [5.41, 5.74) is 1.97. The van der Waals surface area contributed by atoms with E-state index in [9.17, 15) is 0 Å². The average molecular weight is 341 g/mol. The average Bonchev–Trinajstić information content (AvgIpc) is 2.86. The zero-order valence-corrected chi connectivity index (χ0v) is 17.9. The molecule has 2 fully saturated rings. The Morgan fingerprint density at radius 3 is 1.91 bits per heavy atom. The number of hydrogen-bond donors (Lipinski definition) is 0. The second-order valence-corrected chi connectivity index (χ2v) is 14.6. The number of ether oxygens (including phenoxy) is 1. The molecule has 23 heavy (non-hydrogen) atoms. The second kappa shape index (κ2) is 7.17. The highest BCUT2D eigenvalue weighted by Gasteiger charge is 2.54. The van der Waals surface area contributed by atoms with Gasteiger partial charge in [-0.05, 0) is 29.0 Å². The van der Waals surface area contributed by atoms with Gasteiger partial charge in [-0.15, -0.1) is 0 Å². The van der Waals surface area contributed by atoms with Crippen LogP contribution in [0, 0.1) is 17.8 Å². The van der Waals surface area contributed by atoms with Gasteiger partial charge in [0.1, 0.15) is 0 Å². The summed E-state index contributed by atoms with van der Waals surface area (Å²) < 4.78 is 13.6. The summed E-state index contributed by atoms with van der Waals surface area (Å²) in [6.07, 6.45) is 3.71. The minimum atomic E-state index is -1.82. The maximum Gasteiger partial charge on any atom is 0.200 e. The van der Waals surface area contributed by atoms with E-state index in [1.54, 1.807) is 0 Å². The van der Waals surface area contributed by atoms with Crippen molar-refractivity contribution in [3.63, 3.8) is 0 Å². The van der Waals surface area contributed by atoms with Gasteiger partial charge in [-0.1, -0.05) is 68.7 Å². The Morgan fingerprint density at radius 1 is 0.957 bits per heavy atom. The molecule has 0 amide bonds. The third-order valence-corrected chi connectivity index (χ3v) is 13.1. The van der Waals surface area contributed by atoms with Crippen molar-refractivity contribution in [2.75, 3.05) is 0 Å². The topological polar surface area (TPSA) is 18.5 Å². The van der Waals surface area contributed by atoms with Crippen LogP contribution >= 0.6 is 0 Å². The lowest BCUT2D eigenvalue weighted by molar-refractivity contribution is -0.128. The third kappa shape index (κ3) is 3.18. The van der Waals surface area contributed by atoms with Crippen molar-refractivity contribution in [1.82, 2.24) is 0 Å². The van der Waals surface area contributed by atoms with Gasteiger partial charge in [0.25, 0.3) is 0 Å². The molecule has 2 heterocycles. The molecule has 3 heteroatoms. The molecule has 0 radical (unpaired) electrons.